The molecule has 0 amide bonds. The van der Waals surface area contributed by atoms with Crippen LogP contribution in [-0.2, 0) is 0 Å². The molecule has 1 heterocycles. The Bertz CT molecular complexity index is 760. The Hall–Kier alpha value is -2.27. The van der Waals surface area contributed by atoms with Gasteiger partial charge in [0.2, 0.25) is 0 Å². The zero-order valence-corrected chi connectivity index (χ0v) is 10.1. The van der Waals surface area contributed by atoms with Crippen molar-refractivity contribution in [3.8, 4) is 11.5 Å². The van der Waals surface area contributed by atoms with E-state index in [0.29, 0.717) is 22.8 Å². The highest BCUT2D eigenvalue weighted by atomic mass is 32.1. The van der Waals surface area contributed by atoms with E-state index in [0.717, 1.165) is 16.0 Å². The minimum absolute atomic E-state index is 0.318. The number of nitrogens with two attached hydrogens (primary N) is 1. The van der Waals surface area contributed by atoms with E-state index in [1.807, 2.05) is 12.1 Å². The maximum absolute atomic E-state index is 11.1. The van der Waals surface area contributed by atoms with Crippen LogP contribution in [0.5, 0.6) is 11.5 Å². The lowest BCUT2D eigenvalue weighted by Crippen LogP contribution is -1.90. The average Bonchev–Trinajstić information content (AvgIpc) is 2.71. The molecule has 3 aromatic rings. The Labute approximate surface area is 106 Å². The molecule has 0 aliphatic rings. The number of hydrogen-bond donors (Lipinski definition) is 1. The third kappa shape index (κ3) is 1.96. The van der Waals surface area contributed by atoms with Crippen LogP contribution >= 0.6 is 11.3 Å². The number of nitrogen functional groups attached to an aromatic ring is 1. The van der Waals surface area contributed by atoms with Crippen molar-refractivity contribution in [2.45, 2.75) is 0 Å². The number of fused-ring (bicyclic) bond motifs is 1. The van der Waals surface area contributed by atoms with Gasteiger partial charge in [0.25, 0.3) is 0 Å². The molecule has 0 radical (unpaired) electrons. The molecule has 0 aliphatic heterocycles. The largest absolute Gasteiger partial charge is 0.455 e. The van der Waals surface area contributed by atoms with E-state index in [1.165, 1.54) is 0 Å². The van der Waals surface area contributed by atoms with Crippen LogP contribution < -0.4 is 15.4 Å². The first kappa shape index (κ1) is 10.9. The fraction of sp³-hybridized carbons (Fsp3) is 0. The van der Waals surface area contributed by atoms with Gasteiger partial charge in [-0.1, -0.05) is 23.5 Å². The predicted molar refractivity (Wildman–Crippen MR) is 71.3 cm³/mol. The standard InChI is InChI=1S/C13H9NO3S/c14-9-3-1-2-4-10(9)16-8-5-6-12-11(7-8)17-13(15)18-12/h1-7H,14H2. The summed E-state index contributed by atoms with van der Waals surface area (Å²) >= 11 is 1.07. The fourth-order valence-corrected chi connectivity index (χ4v) is 2.27. The van der Waals surface area contributed by atoms with E-state index in [-0.39, 0.29) is 4.94 Å². The second kappa shape index (κ2) is 4.19. The van der Waals surface area contributed by atoms with E-state index in [9.17, 15) is 4.79 Å². The monoisotopic (exact) mass is 259 g/mol. The molecule has 1 aromatic heterocycles. The Morgan fingerprint density at radius 1 is 1.17 bits per heavy atom. The highest BCUT2D eigenvalue weighted by Crippen LogP contribution is 2.29. The van der Waals surface area contributed by atoms with Gasteiger partial charge >= 0.3 is 4.94 Å². The second-order valence-corrected chi connectivity index (χ2v) is 4.68. The summed E-state index contributed by atoms with van der Waals surface area (Å²) < 4.78 is 11.5. The molecule has 0 saturated heterocycles. The molecule has 0 bridgehead atoms. The molecule has 0 atom stereocenters. The van der Waals surface area contributed by atoms with Crippen LogP contribution in [0.4, 0.5) is 5.69 Å². The van der Waals surface area contributed by atoms with Crippen molar-refractivity contribution in [3.05, 3.63) is 52.2 Å². The van der Waals surface area contributed by atoms with E-state index >= 15 is 0 Å². The van der Waals surface area contributed by atoms with Crippen molar-refractivity contribution < 1.29 is 9.15 Å². The van der Waals surface area contributed by atoms with E-state index in [1.54, 1.807) is 30.3 Å². The summed E-state index contributed by atoms with van der Waals surface area (Å²) in [5.41, 5.74) is 6.87. The first-order valence-corrected chi connectivity index (χ1v) is 6.10. The second-order valence-electron chi connectivity index (χ2n) is 3.70. The molecule has 5 heteroatoms. The van der Waals surface area contributed by atoms with Crippen molar-refractivity contribution >= 4 is 27.3 Å². The number of anilines is 1. The van der Waals surface area contributed by atoms with Crippen molar-refractivity contribution in [2.24, 2.45) is 0 Å². The zero-order chi connectivity index (χ0) is 12.5. The molecule has 0 spiro atoms. The van der Waals surface area contributed by atoms with Crippen molar-refractivity contribution in [3.63, 3.8) is 0 Å². The Morgan fingerprint density at radius 2 is 2.00 bits per heavy atom. The highest BCUT2D eigenvalue weighted by molar-refractivity contribution is 7.16. The first-order valence-electron chi connectivity index (χ1n) is 5.28. The van der Waals surface area contributed by atoms with Gasteiger partial charge in [-0.15, -0.1) is 0 Å². The van der Waals surface area contributed by atoms with Gasteiger partial charge in [0.05, 0.1) is 10.4 Å². The lowest BCUT2D eigenvalue weighted by Gasteiger charge is -2.07. The molecule has 0 saturated carbocycles. The van der Waals surface area contributed by atoms with Gasteiger partial charge in [0, 0.05) is 6.07 Å². The summed E-state index contributed by atoms with van der Waals surface area (Å²) in [5, 5.41) is 0. The number of ether oxygens (including phenoxy) is 1. The minimum Gasteiger partial charge on any atom is -0.455 e. The Kier molecular flexibility index (Phi) is 2.53. The van der Waals surface area contributed by atoms with Crippen LogP contribution in [0.1, 0.15) is 0 Å². The summed E-state index contributed by atoms with van der Waals surface area (Å²) in [5.74, 6) is 1.16. The molecule has 4 nitrogen and oxygen atoms in total. The fourth-order valence-electron chi connectivity index (χ4n) is 1.62. The lowest BCUT2D eigenvalue weighted by molar-refractivity contribution is 0.483. The van der Waals surface area contributed by atoms with Crippen LogP contribution in [0.2, 0.25) is 0 Å². The van der Waals surface area contributed by atoms with Gasteiger partial charge in [-0.05, 0) is 24.3 Å². The minimum atomic E-state index is -0.318. The number of rotatable bonds is 2. The number of benzene rings is 2. The third-order valence-electron chi connectivity index (χ3n) is 2.45. The highest BCUT2D eigenvalue weighted by Gasteiger charge is 2.05. The molecular formula is C13H9NO3S. The average molecular weight is 259 g/mol. The van der Waals surface area contributed by atoms with Crippen LogP contribution in [0, 0.1) is 0 Å². The summed E-state index contributed by atoms with van der Waals surface area (Å²) in [6, 6.07) is 12.5. The predicted octanol–water partition coefficient (Wildman–Crippen LogP) is 3.23. The van der Waals surface area contributed by atoms with Gasteiger partial charge in [-0.3, -0.25) is 0 Å². The van der Waals surface area contributed by atoms with Gasteiger partial charge in [-0.25, -0.2) is 4.79 Å². The van der Waals surface area contributed by atoms with Crippen LogP contribution in [0.3, 0.4) is 0 Å². The normalized spacial score (nSPS) is 10.7. The summed E-state index contributed by atoms with van der Waals surface area (Å²) in [6.45, 7) is 0. The third-order valence-corrected chi connectivity index (χ3v) is 3.26. The smallest absolute Gasteiger partial charge is 0.396 e. The van der Waals surface area contributed by atoms with Crippen molar-refractivity contribution in [2.75, 3.05) is 5.73 Å². The molecule has 0 fully saturated rings. The van der Waals surface area contributed by atoms with Crippen LogP contribution in [-0.4, -0.2) is 0 Å². The van der Waals surface area contributed by atoms with E-state index in [2.05, 4.69) is 0 Å². The molecule has 90 valence electrons. The molecule has 0 unspecified atom stereocenters. The molecule has 2 aromatic carbocycles. The molecule has 0 aliphatic carbocycles. The molecular weight excluding hydrogens is 250 g/mol. The molecule has 3 rings (SSSR count). The number of para-hydroxylation sites is 2. The van der Waals surface area contributed by atoms with Crippen LogP contribution in [0.25, 0.3) is 10.3 Å². The van der Waals surface area contributed by atoms with Gasteiger partial charge < -0.3 is 14.9 Å². The molecule has 18 heavy (non-hydrogen) atoms. The summed E-state index contributed by atoms with van der Waals surface area (Å²) in [6.07, 6.45) is 0. The molecule has 2 N–H and O–H groups in total. The number of hydrogen-bond acceptors (Lipinski definition) is 5. The van der Waals surface area contributed by atoms with E-state index in [4.69, 9.17) is 14.9 Å². The van der Waals surface area contributed by atoms with Crippen molar-refractivity contribution in [1.82, 2.24) is 0 Å². The van der Waals surface area contributed by atoms with Crippen molar-refractivity contribution in [1.29, 1.82) is 0 Å². The van der Waals surface area contributed by atoms with Gasteiger partial charge in [0.1, 0.15) is 11.5 Å². The SMILES string of the molecule is Nc1ccccc1Oc1ccc2sc(=O)oc2c1. The van der Waals surface area contributed by atoms with Crippen LogP contribution in [0.15, 0.2) is 51.7 Å². The van der Waals surface area contributed by atoms with Gasteiger partial charge in [-0.2, -0.15) is 0 Å². The van der Waals surface area contributed by atoms with Gasteiger partial charge in [0.15, 0.2) is 5.58 Å². The Morgan fingerprint density at radius 3 is 2.83 bits per heavy atom. The first-order chi connectivity index (χ1) is 8.72. The van der Waals surface area contributed by atoms with E-state index < -0.39 is 0 Å². The maximum atomic E-state index is 11.1. The Balaban J connectivity index is 2.00. The lowest BCUT2D eigenvalue weighted by atomic mass is 10.3. The summed E-state index contributed by atoms with van der Waals surface area (Å²) in [7, 11) is 0. The topological polar surface area (TPSA) is 65.5 Å². The maximum Gasteiger partial charge on any atom is 0.396 e. The quantitative estimate of drug-likeness (QED) is 0.717. The zero-order valence-electron chi connectivity index (χ0n) is 9.25. The summed E-state index contributed by atoms with van der Waals surface area (Å²) in [4.78, 5) is 10.8.